The number of morpholine rings is 1. The van der Waals surface area contributed by atoms with E-state index < -0.39 is 14.6 Å². The Kier molecular flexibility index (Phi) is 5.33. The Bertz CT molecular complexity index is 623. The van der Waals surface area contributed by atoms with Gasteiger partial charge in [-0.2, -0.15) is 0 Å². The molecule has 1 saturated heterocycles. The molecule has 0 aromatic carbocycles. The maximum Gasteiger partial charge on any atom is 0.200 e. The predicted octanol–water partition coefficient (Wildman–Crippen LogP) is 1.78. The summed E-state index contributed by atoms with van der Waals surface area (Å²) in [5.74, 6) is 0. The number of anilines is 1. The van der Waals surface area contributed by atoms with E-state index >= 15 is 0 Å². The van der Waals surface area contributed by atoms with Gasteiger partial charge >= 0.3 is 0 Å². The number of pyridine rings is 1. The quantitative estimate of drug-likeness (QED) is 0.900. The van der Waals surface area contributed by atoms with E-state index in [2.05, 4.69) is 29.2 Å². The van der Waals surface area contributed by atoms with Crippen LogP contribution in [-0.4, -0.2) is 61.9 Å². The van der Waals surface area contributed by atoms with Crippen molar-refractivity contribution in [2.45, 2.75) is 49.6 Å². The number of ether oxygens (including phenoxy) is 1. The number of nitrogens with one attached hydrogen (secondary N) is 1. The molecule has 2 rings (SSSR count). The summed E-state index contributed by atoms with van der Waals surface area (Å²) in [6.45, 7) is 9.64. The summed E-state index contributed by atoms with van der Waals surface area (Å²) in [7, 11) is -1.34. The lowest BCUT2D eigenvalue weighted by atomic mass is 10.1. The van der Waals surface area contributed by atoms with Gasteiger partial charge in [0.2, 0.25) is 0 Å². The molecule has 1 aliphatic heterocycles. The van der Waals surface area contributed by atoms with E-state index in [9.17, 15) is 8.42 Å². The Labute approximate surface area is 139 Å². The Morgan fingerprint density at radius 2 is 2.09 bits per heavy atom. The molecular formula is C16H27N3O3S. The summed E-state index contributed by atoms with van der Waals surface area (Å²) >= 11 is 0. The minimum Gasteiger partial charge on any atom is -0.379 e. The van der Waals surface area contributed by atoms with E-state index in [4.69, 9.17) is 4.74 Å². The summed E-state index contributed by atoms with van der Waals surface area (Å²) in [4.78, 5) is 6.37. The zero-order valence-corrected chi connectivity index (χ0v) is 15.4. The molecular weight excluding hydrogens is 314 g/mol. The van der Waals surface area contributed by atoms with E-state index in [1.807, 2.05) is 0 Å². The number of likely N-dealkylation sites (N-methyl/N-ethyl adjacent to an activating group) is 1. The largest absolute Gasteiger partial charge is 0.379 e. The molecule has 0 radical (unpaired) electrons. The number of rotatable bonds is 4. The van der Waals surface area contributed by atoms with Crippen molar-refractivity contribution in [2.75, 3.05) is 32.1 Å². The van der Waals surface area contributed by atoms with Gasteiger partial charge < -0.3 is 15.0 Å². The minimum absolute atomic E-state index is 0.103. The minimum atomic E-state index is -3.42. The molecule has 7 heteroatoms. The number of hydrogen-bond donors (Lipinski definition) is 1. The summed E-state index contributed by atoms with van der Waals surface area (Å²) in [6.07, 6.45) is 1.67. The Balaban J connectivity index is 2.06. The van der Waals surface area contributed by atoms with Crippen LogP contribution in [0.5, 0.6) is 0 Å². The highest BCUT2D eigenvalue weighted by Crippen LogP contribution is 2.24. The van der Waals surface area contributed by atoms with E-state index in [1.54, 1.807) is 39.1 Å². The topological polar surface area (TPSA) is 71.5 Å². The van der Waals surface area contributed by atoms with E-state index in [1.165, 1.54) is 0 Å². The summed E-state index contributed by atoms with van der Waals surface area (Å²) < 4.78 is 29.7. The standard InChI is InChI=1S/C16H27N3O3S/c1-12(14-11-19(5)8-9-22-14)18-13-6-7-15(17-10-13)23(20,21)16(2,3)4/h6-7,10,12,14,18H,8-9,11H2,1-5H3. The predicted molar refractivity (Wildman–Crippen MR) is 91.5 cm³/mol. The molecule has 23 heavy (non-hydrogen) atoms. The molecule has 0 saturated carbocycles. The highest BCUT2D eigenvalue weighted by atomic mass is 32.2. The second-order valence-corrected chi connectivity index (χ2v) is 9.76. The van der Waals surface area contributed by atoms with Crippen LogP contribution in [0.1, 0.15) is 27.7 Å². The number of aromatic nitrogens is 1. The van der Waals surface area contributed by atoms with Crippen LogP contribution in [0.4, 0.5) is 5.69 Å². The summed E-state index contributed by atoms with van der Waals surface area (Å²) in [5.41, 5.74) is 0.794. The fourth-order valence-corrected chi connectivity index (χ4v) is 3.47. The smallest absolute Gasteiger partial charge is 0.200 e. The van der Waals surface area contributed by atoms with Crippen molar-refractivity contribution in [3.63, 3.8) is 0 Å². The molecule has 0 amide bonds. The van der Waals surface area contributed by atoms with E-state index in [0.717, 1.165) is 25.4 Å². The second-order valence-electron chi connectivity index (χ2n) is 7.11. The van der Waals surface area contributed by atoms with Gasteiger partial charge in [-0.1, -0.05) is 0 Å². The summed E-state index contributed by atoms with van der Waals surface area (Å²) in [6, 6.07) is 3.43. The van der Waals surface area contributed by atoms with E-state index in [0.29, 0.717) is 0 Å². The molecule has 130 valence electrons. The van der Waals surface area contributed by atoms with Crippen molar-refractivity contribution in [2.24, 2.45) is 0 Å². The van der Waals surface area contributed by atoms with Crippen molar-refractivity contribution >= 4 is 15.5 Å². The van der Waals surface area contributed by atoms with E-state index in [-0.39, 0.29) is 17.2 Å². The first-order valence-electron chi connectivity index (χ1n) is 7.88. The monoisotopic (exact) mass is 341 g/mol. The molecule has 2 heterocycles. The zero-order chi connectivity index (χ0) is 17.3. The lowest BCUT2D eigenvalue weighted by Gasteiger charge is -2.34. The molecule has 0 spiro atoms. The molecule has 1 aromatic heterocycles. The normalized spacial score (nSPS) is 21.9. The van der Waals surface area contributed by atoms with Gasteiger partial charge in [-0.25, -0.2) is 13.4 Å². The molecule has 1 N–H and O–H groups in total. The van der Waals surface area contributed by atoms with Gasteiger partial charge in [0, 0.05) is 13.1 Å². The van der Waals surface area contributed by atoms with Crippen LogP contribution in [0.15, 0.2) is 23.4 Å². The average molecular weight is 341 g/mol. The average Bonchev–Trinajstić information content (AvgIpc) is 2.46. The van der Waals surface area contributed by atoms with Crippen LogP contribution >= 0.6 is 0 Å². The highest BCUT2D eigenvalue weighted by Gasteiger charge is 2.32. The van der Waals surface area contributed by atoms with Gasteiger partial charge in [0.15, 0.2) is 14.9 Å². The maximum absolute atomic E-state index is 12.4. The first-order chi connectivity index (χ1) is 10.6. The van der Waals surface area contributed by atoms with Gasteiger partial charge in [0.25, 0.3) is 0 Å². The third-order valence-corrected chi connectivity index (χ3v) is 6.47. The molecule has 2 unspecified atom stereocenters. The van der Waals surface area contributed by atoms with Crippen molar-refractivity contribution in [1.82, 2.24) is 9.88 Å². The van der Waals surface area contributed by atoms with Crippen LogP contribution in [0.3, 0.4) is 0 Å². The van der Waals surface area contributed by atoms with Crippen molar-refractivity contribution in [3.8, 4) is 0 Å². The third-order valence-electron chi connectivity index (χ3n) is 4.07. The molecule has 6 nitrogen and oxygen atoms in total. The van der Waals surface area contributed by atoms with Gasteiger partial charge in [0.1, 0.15) is 0 Å². The van der Waals surface area contributed by atoms with Crippen LogP contribution in [0.25, 0.3) is 0 Å². The Morgan fingerprint density at radius 1 is 1.39 bits per heavy atom. The van der Waals surface area contributed by atoms with Gasteiger partial charge in [-0.05, 0) is 46.9 Å². The molecule has 1 aliphatic rings. The van der Waals surface area contributed by atoms with Crippen LogP contribution in [0, 0.1) is 0 Å². The van der Waals surface area contributed by atoms with Crippen LogP contribution in [-0.2, 0) is 14.6 Å². The SMILES string of the molecule is CC(Nc1ccc(S(=O)(=O)C(C)(C)C)nc1)C1CN(C)CCO1. The molecule has 0 bridgehead atoms. The third kappa shape index (κ3) is 4.22. The number of hydrogen-bond acceptors (Lipinski definition) is 6. The Morgan fingerprint density at radius 3 is 2.61 bits per heavy atom. The molecule has 0 aliphatic carbocycles. The van der Waals surface area contributed by atoms with Gasteiger partial charge in [0.05, 0.1) is 35.4 Å². The van der Waals surface area contributed by atoms with Crippen LogP contribution in [0.2, 0.25) is 0 Å². The zero-order valence-electron chi connectivity index (χ0n) is 14.5. The number of sulfone groups is 1. The lowest BCUT2D eigenvalue weighted by Crippen LogP contribution is -2.47. The summed E-state index contributed by atoms with van der Waals surface area (Å²) in [5, 5.41) is 3.45. The molecule has 2 atom stereocenters. The Hall–Kier alpha value is -1.18. The molecule has 1 fully saturated rings. The van der Waals surface area contributed by atoms with Gasteiger partial charge in [-0.3, -0.25) is 0 Å². The van der Waals surface area contributed by atoms with Gasteiger partial charge in [-0.15, -0.1) is 0 Å². The fraction of sp³-hybridized carbons (Fsp3) is 0.688. The molecule has 1 aromatic rings. The van der Waals surface area contributed by atoms with Crippen molar-refractivity contribution in [1.29, 1.82) is 0 Å². The highest BCUT2D eigenvalue weighted by molar-refractivity contribution is 7.92. The lowest BCUT2D eigenvalue weighted by molar-refractivity contribution is -0.0259. The fourth-order valence-electron chi connectivity index (χ4n) is 2.41. The van der Waals surface area contributed by atoms with Crippen LogP contribution < -0.4 is 5.32 Å². The first kappa shape index (κ1) is 18.2. The number of nitrogens with zero attached hydrogens (tertiary/aromatic N) is 2. The maximum atomic E-state index is 12.4. The van der Waals surface area contributed by atoms with Crippen molar-refractivity contribution < 1.29 is 13.2 Å². The van der Waals surface area contributed by atoms with Crippen molar-refractivity contribution in [3.05, 3.63) is 18.3 Å². The second kappa shape index (κ2) is 6.75. The first-order valence-corrected chi connectivity index (χ1v) is 9.37.